The van der Waals surface area contributed by atoms with Crippen molar-refractivity contribution in [2.45, 2.75) is 0 Å². The smallest absolute Gasteiger partial charge is 0.165 e. The first-order valence-electron chi connectivity index (χ1n) is 4.30. The normalized spacial score (nSPS) is 9.60. The van der Waals surface area contributed by atoms with Crippen molar-refractivity contribution in [3.8, 4) is 17.6 Å². The predicted octanol–water partition coefficient (Wildman–Crippen LogP) is 1.48. The highest BCUT2D eigenvalue weighted by atomic mass is 16.5. The fraction of sp³-hybridized carbons (Fsp3) is 0.100. The van der Waals surface area contributed by atoms with Crippen LogP contribution in [0, 0.1) is 11.3 Å². The van der Waals surface area contributed by atoms with Crippen LogP contribution < -0.4 is 4.74 Å². The number of rotatable bonds is 2. The van der Waals surface area contributed by atoms with Gasteiger partial charge in [-0.25, -0.2) is 4.98 Å². The van der Waals surface area contributed by atoms with E-state index in [9.17, 15) is 0 Å². The monoisotopic (exact) mass is 200 g/mol. The molecule has 0 aromatic carbocycles. The van der Waals surface area contributed by atoms with E-state index in [0.717, 1.165) is 0 Å². The Morgan fingerprint density at radius 1 is 1.47 bits per heavy atom. The Morgan fingerprint density at radius 2 is 2.33 bits per heavy atom. The van der Waals surface area contributed by atoms with E-state index < -0.39 is 0 Å². The highest BCUT2D eigenvalue weighted by molar-refractivity contribution is 5.32. The quantitative estimate of drug-likeness (QED) is 0.736. The summed E-state index contributed by atoms with van der Waals surface area (Å²) in [6, 6.07) is 5.21. The van der Waals surface area contributed by atoms with Crippen LogP contribution in [0.2, 0.25) is 0 Å². The predicted molar refractivity (Wildman–Crippen MR) is 52.2 cm³/mol. The van der Waals surface area contributed by atoms with Crippen LogP contribution in [0.1, 0.15) is 5.69 Å². The number of nitrogens with zero attached hydrogens (tertiary/aromatic N) is 4. The Balaban J connectivity index is 2.21. The lowest BCUT2D eigenvalue weighted by Crippen LogP contribution is -1.86. The molecule has 2 rings (SSSR count). The lowest BCUT2D eigenvalue weighted by Gasteiger charge is -2.01. The first-order chi connectivity index (χ1) is 7.28. The summed E-state index contributed by atoms with van der Waals surface area (Å²) in [5.74, 6) is 1.21. The molecule has 0 aliphatic rings. The van der Waals surface area contributed by atoms with Crippen LogP contribution in [0.25, 0.3) is 0 Å². The highest BCUT2D eigenvalue weighted by Gasteiger charge is 2.00. The third kappa shape index (κ3) is 2.11. The molecule has 0 radical (unpaired) electrons. The zero-order valence-corrected chi connectivity index (χ0v) is 8.08. The third-order valence-corrected chi connectivity index (χ3v) is 1.76. The maximum atomic E-state index is 8.65. The molecule has 0 atom stereocenters. The molecule has 2 heterocycles. The van der Waals surface area contributed by atoms with Crippen LogP contribution in [0.5, 0.6) is 11.5 Å². The Labute approximate surface area is 86.6 Å². The lowest BCUT2D eigenvalue weighted by atomic mass is 10.3. The van der Waals surface area contributed by atoms with Gasteiger partial charge >= 0.3 is 0 Å². The number of nitriles is 1. The van der Waals surface area contributed by atoms with Crippen molar-refractivity contribution in [2.24, 2.45) is 7.05 Å². The average Bonchev–Trinajstić information content (AvgIpc) is 2.64. The fourth-order valence-corrected chi connectivity index (χ4v) is 1.12. The molecule has 74 valence electrons. The van der Waals surface area contributed by atoms with Crippen molar-refractivity contribution in [3.05, 3.63) is 36.4 Å². The number of hydrogen-bond donors (Lipinski definition) is 0. The van der Waals surface area contributed by atoms with Gasteiger partial charge in [0, 0.05) is 19.3 Å². The molecule has 2 aromatic rings. The summed E-state index contributed by atoms with van der Waals surface area (Å²) in [5, 5.41) is 12.6. The minimum absolute atomic E-state index is 0.330. The van der Waals surface area contributed by atoms with Crippen molar-refractivity contribution >= 4 is 0 Å². The van der Waals surface area contributed by atoms with Gasteiger partial charge in [-0.05, 0) is 6.07 Å². The molecule has 2 aromatic heterocycles. The summed E-state index contributed by atoms with van der Waals surface area (Å²) in [6.07, 6.45) is 4.88. The molecular formula is C10H8N4O. The Kier molecular flexibility index (Phi) is 2.33. The molecule has 0 spiro atoms. The van der Waals surface area contributed by atoms with E-state index in [-0.39, 0.29) is 0 Å². The van der Waals surface area contributed by atoms with E-state index in [1.165, 1.54) is 6.20 Å². The molecule has 0 amide bonds. The second-order valence-electron chi connectivity index (χ2n) is 2.94. The molecule has 0 saturated heterocycles. The van der Waals surface area contributed by atoms with E-state index >= 15 is 0 Å². The molecule has 0 aliphatic heterocycles. The number of pyridine rings is 1. The standard InChI is InChI=1S/C10H8N4O/c1-14-7-10(6-13-14)15-9-2-3-12-8(4-9)5-11/h2-4,6-7H,1H3. The molecule has 0 fully saturated rings. The fourth-order valence-electron chi connectivity index (χ4n) is 1.12. The summed E-state index contributed by atoms with van der Waals surface area (Å²) in [4.78, 5) is 3.84. The second-order valence-corrected chi connectivity index (χ2v) is 2.94. The zero-order chi connectivity index (χ0) is 10.7. The zero-order valence-electron chi connectivity index (χ0n) is 8.08. The van der Waals surface area contributed by atoms with Crippen molar-refractivity contribution in [1.82, 2.24) is 14.8 Å². The third-order valence-electron chi connectivity index (χ3n) is 1.76. The maximum Gasteiger partial charge on any atom is 0.165 e. The number of aromatic nitrogens is 3. The van der Waals surface area contributed by atoms with Gasteiger partial charge in [-0.15, -0.1) is 0 Å². The highest BCUT2D eigenvalue weighted by Crippen LogP contribution is 2.19. The minimum atomic E-state index is 0.330. The first-order valence-corrected chi connectivity index (χ1v) is 4.30. The van der Waals surface area contributed by atoms with Crippen LogP contribution in [0.4, 0.5) is 0 Å². The molecule has 0 unspecified atom stereocenters. The van der Waals surface area contributed by atoms with E-state index in [1.807, 2.05) is 6.07 Å². The Hall–Kier alpha value is -2.35. The van der Waals surface area contributed by atoms with Gasteiger partial charge in [0.25, 0.3) is 0 Å². The van der Waals surface area contributed by atoms with Gasteiger partial charge in [-0.2, -0.15) is 10.4 Å². The SMILES string of the molecule is Cn1cc(Oc2ccnc(C#N)c2)cn1. The lowest BCUT2D eigenvalue weighted by molar-refractivity contribution is 0.481. The van der Waals surface area contributed by atoms with Crippen LogP contribution in [0.3, 0.4) is 0 Å². The van der Waals surface area contributed by atoms with Crippen molar-refractivity contribution in [1.29, 1.82) is 5.26 Å². The summed E-state index contributed by atoms with van der Waals surface area (Å²) >= 11 is 0. The molecular weight excluding hydrogens is 192 g/mol. The molecule has 0 bridgehead atoms. The largest absolute Gasteiger partial charge is 0.454 e. The Morgan fingerprint density at radius 3 is 3.00 bits per heavy atom. The number of hydrogen-bond acceptors (Lipinski definition) is 4. The van der Waals surface area contributed by atoms with E-state index in [0.29, 0.717) is 17.2 Å². The van der Waals surface area contributed by atoms with Gasteiger partial charge in [0.1, 0.15) is 17.5 Å². The second kappa shape index (κ2) is 3.80. The maximum absolute atomic E-state index is 8.65. The van der Waals surface area contributed by atoms with Gasteiger partial charge in [-0.1, -0.05) is 0 Å². The summed E-state index contributed by atoms with van der Waals surface area (Å²) in [6.45, 7) is 0. The summed E-state index contributed by atoms with van der Waals surface area (Å²) < 4.78 is 7.11. The van der Waals surface area contributed by atoms with E-state index in [2.05, 4.69) is 10.1 Å². The van der Waals surface area contributed by atoms with Gasteiger partial charge in [0.05, 0.1) is 12.4 Å². The average molecular weight is 200 g/mol. The Bertz CT molecular complexity index is 512. The van der Waals surface area contributed by atoms with Gasteiger partial charge in [0.2, 0.25) is 0 Å². The van der Waals surface area contributed by atoms with Crippen molar-refractivity contribution < 1.29 is 4.74 Å². The van der Waals surface area contributed by atoms with Crippen LogP contribution >= 0.6 is 0 Å². The van der Waals surface area contributed by atoms with Gasteiger partial charge < -0.3 is 4.74 Å². The minimum Gasteiger partial charge on any atom is -0.454 e. The van der Waals surface area contributed by atoms with Crippen LogP contribution in [-0.2, 0) is 7.05 Å². The van der Waals surface area contributed by atoms with Crippen LogP contribution in [-0.4, -0.2) is 14.8 Å². The van der Waals surface area contributed by atoms with E-state index in [1.54, 1.807) is 36.3 Å². The van der Waals surface area contributed by atoms with Crippen LogP contribution in [0.15, 0.2) is 30.7 Å². The number of aryl methyl sites for hydroxylation is 1. The molecule has 0 N–H and O–H groups in total. The molecule has 5 nitrogen and oxygen atoms in total. The van der Waals surface area contributed by atoms with Crippen molar-refractivity contribution in [2.75, 3.05) is 0 Å². The molecule has 0 aliphatic carbocycles. The summed E-state index contributed by atoms with van der Waals surface area (Å²) in [5.41, 5.74) is 0.330. The molecule has 0 saturated carbocycles. The summed E-state index contributed by atoms with van der Waals surface area (Å²) in [7, 11) is 1.81. The van der Waals surface area contributed by atoms with Crippen molar-refractivity contribution in [3.63, 3.8) is 0 Å². The van der Waals surface area contributed by atoms with Gasteiger partial charge in [0.15, 0.2) is 5.75 Å². The number of ether oxygens (including phenoxy) is 1. The molecule has 5 heteroatoms. The first kappa shape index (κ1) is 9.21. The topological polar surface area (TPSA) is 63.7 Å². The molecule has 15 heavy (non-hydrogen) atoms. The van der Waals surface area contributed by atoms with Gasteiger partial charge in [-0.3, -0.25) is 4.68 Å². The van der Waals surface area contributed by atoms with E-state index in [4.69, 9.17) is 10.00 Å².